The molecule has 6 heteroatoms. The molecule has 0 saturated heterocycles. The zero-order chi connectivity index (χ0) is 13.8. The lowest BCUT2D eigenvalue weighted by Gasteiger charge is -2.18. The van der Waals surface area contributed by atoms with E-state index in [-0.39, 0.29) is 10.5 Å². The highest BCUT2D eigenvalue weighted by Crippen LogP contribution is 2.13. The van der Waals surface area contributed by atoms with Crippen molar-refractivity contribution in [1.29, 1.82) is 0 Å². The molecule has 0 spiro atoms. The molecule has 1 heterocycles. The number of aromatic nitrogens is 1. The molecule has 1 aromatic heterocycles. The second kappa shape index (κ2) is 6.15. The number of hydrogen-bond acceptors (Lipinski definition) is 3. The summed E-state index contributed by atoms with van der Waals surface area (Å²) in [4.78, 5) is 11.7. The van der Waals surface area contributed by atoms with Crippen LogP contribution < -0.4 is 5.56 Å². The van der Waals surface area contributed by atoms with E-state index in [9.17, 15) is 13.2 Å². The molecule has 0 bridgehead atoms. The fraction of sp³-hybridized carbons (Fsp3) is 0.583. The van der Waals surface area contributed by atoms with Crippen LogP contribution in [0.1, 0.15) is 27.2 Å². The van der Waals surface area contributed by atoms with Crippen molar-refractivity contribution in [3.05, 3.63) is 28.7 Å². The average molecular weight is 272 g/mol. The molecule has 1 rings (SSSR count). The third-order valence-corrected chi connectivity index (χ3v) is 4.80. The highest BCUT2D eigenvalue weighted by molar-refractivity contribution is 7.89. The Morgan fingerprint density at radius 1 is 1.17 bits per heavy atom. The van der Waals surface area contributed by atoms with Gasteiger partial charge >= 0.3 is 0 Å². The van der Waals surface area contributed by atoms with E-state index in [4.69, 9.17) is 0 Å². The molecular formula is C12H20N2O3S. The van der Waals surface area contributed by atoms with Crippen LogP contribution in [0, 0.1) is 0 Å². The van der Waals surface area contributed by atoms with Crippen molar-refractivity contribution in [2.45, 2.75) is 38.6 Å². The molecule has 102 valence electrons. The molecule has 0 atom stereocenters. The van der Waals surface area contributed by atoms with Crippen molar-refractivity contribution in [3.63, 3.8) is 0 Å². The van der Waals surface area contributed by atoms with Gasteiger partial charge in [0.2, 0.25) is 10.0 Å². The van der Waals surface area contributed by atoms with Gasteiger partial charge in [0.25, 0.3) is 5.56 Å². The molecule has 18 heavy (non-hydrogen) atoms. The van der Waals surface area contributed by atoms with E-state index >= 15 is 0 Å². The second-order valence-corrected chi connectivity index (χ2v) is 5.92. The van der Waals surface area contributed by atoms with Gasteiger partial charge in [0.05, 0.1) is 4.90 Å². The Bertz CT molecular complexity index is 545. The Hall–Kier alpha value is -1.14. The molecule has 0 aliphatic rings. The first kappa shape index (κ1) is 14.9. The van der Waals surface area contributed by atoms with Gasteiger partial charge in [-0.05, 0) is 12.5 Å². The second-order valence-electron chi connectivity index (χ2n) is 3.99. The third-order valence-electron chi connectivity index (χ3n) is 2.76. The van der Waals surface area contributed by atoms with Crippen molar-refractivity contribution in [1.82, 2.24) is 8.87 Å². The zero-order valence-corrected chi connectivity index (χ0v) is 11.9. The predicted octanol–water partition coefficient (Wildman–Crippen LogP) is 1.29. The van der Waals surface area contributed by atoms with Crippen LogP contribution in [0.5, 0.6) is 0 Å². The highest BCUT2D eigenvalue weighted by Gasteiger charge is 2.22. The van der Waals surface area contributed by atoms with Gasteiger partial charge in [-0.25, -0.2) is 8.42 Å². The average Bonchev–Trinajstić information content (AvgIpc) is 2.33. The Morgan fingerprint density at radius 3 is 2.28 bits per heavy atom. The Kier molecular flexibility index (Phi) is 5.10. The summed E-state index contributed by atoms with van der Waals surface area (Å²) in [6.07, 6.45) is 2.22. The van der Waals surface area contributed by atoms with E-state index in [0.29, 0.717) is 19.6 Å². The summed E-state index contributed by atoms with van der Waals surface area (Å²) in [6, 6.07) is 2.69. The van der Waals surface area contributed by atoms with E-state index in [1.807, 2.05) is 6.92 Å². The third kappa shape index (κ3) is 3.00. The smallest absolute Gasteiger partial charge is 0.250 e. The van der Waals surface area contributed by atoms with Gasteiger partial charge < -0.3 is 4.57 Å². The summed E-state index contributed by atoms with van der Waals surface area (Å²) in [7, 11) is -3.49. The fourth-order valence-corrected chi connectivity index (χ4v) is 3.27. The van der Waals surface area contributed by atoms with Crippen LogP contribution in [0.15, 0.2) is 28.0 Å². The van der Waals surface area contributed by atoms with E-state index in [0.717, 1.165) is 6.42 Å². The van der Waals surface area contributed by atoms with Crippen molar-refractivity contribution in [3.8, 4) is 0 Å². The predicted molar refractivity (Wildman–Crippen MR) is 71.1 cm³/mol. The van der Waals surface area contributed by atoms with Gasteiger partial charge in [0.1, 0.15) is 0 Å². The zero-order valence-electron chi connectivity index (χ0n) is 11.1. The molecule has 0 aliphatic carbocycles. The van der Waals surface area contributed by atoms with Gasteiger partial charge in [0, 0.05) is 31.9 Å². The topological polar surface area (TPSA) is 59.4 Å². The lowest BCUT2D eigenvalue weighted by molar-refractivity contribution is 0.444. The maximum atomic E-state index is 12.3. The number of rotatable bonds is 6. The molecule has 0 aliphatic heterocycles. The van der Waals surface area contributed by atoms with E-state index in [1.54, 1.807) is 13.8 Å². The summed E-state index contributed by atoms with van der Waals surface area (Å²) in [5, 5.41) is 0. The van der Waals surface area contributed by atoms with Gasteiger partial charge in [-0.1, -0.05) is 20.8 Å². The van der Waals surface area contributed by atoms with Gasteiger partial charge in [-0.3, -0.25) is 4.79 Å². The maximum absolute atomic E-state index is 12.3. The summed E-state index contributed by atoms with van der Waals surface area (Å²) in [5.74, 6) is 0. The summed E-state index contributed by atoms with van der Waals surface area (Å²) < 4.78 is 27.4. The number of nitrogens with zero attached hydrogens (tertiary/aromatic N) is 2. The molecule has 0 amide bonds. The first-order chi connectivity index (χ1) is 8.47. The van der Waals surface area contributed by atoms with Crippen LogP contribution >= 0.6 is 0 Å². The summed E-state index contributed by atoms with van der Waals surface area (Å²) >= 11 is 0. The molecule has 0 unspecified atom stereocenters. The molecule has 0 N–H and O–H groups in total. The van der Waals surface area contributed by atoms with E-state index < -0.39 is 10.0 Å². The van der Waals surface area contributed by atoms with Gasteiger partial charge in [-0.15, -0.1) is 0 Å². The molecule has 1 aromatic rings. The molecular weight excluding hydrogens is 252 g/mol. The van der Waals surface area contributed by atoms with Crippen molar-refractivity contribution in [2.75, 3.05) is 13.1 Å². The number of hydrogen-bond donors (Lipinski definition) is 0. The summed E-state index contributed by atoms with van der Waals surface area (Å²) in [5.41, 5.74) is -0.171. The Morgan fingerprint density at radius 2 is 1.78 bits per heavy atom. The number of aryl methyl sites for hydroxylation is 1. The van der Waals surface area contributed by atoms with Crippen LogP contribution in [0.4, 0.5) is 0 Å². The van der Waals surface area contributed by atoms with Crippen molar-refractivity contribution < 1.29 is 8.42 Å². The van der Waals surface area contributed by atoms with Crippen LogP contribution in [0.3, 0.4) is 0 Å². The van der Waals surface area contributed by atoms with Crippen molar-refractivity contribution in [2.24, 2.45) is 0 Å². The minimum absolute atomic E-state index is 0.171. The van der Waals surface area contributed by atoms with Crippen LogP contribution in [0.25, 0.3) is 0 Å². The number of sulfonamides is 1. The lowest BCUT2D eigenvalue weighted by Crippen LogP contribution is -2.31. The molecule has 0 aromatic carbocycles. The Balaban J connectivity index is 3.25. The number of pyridine rings is 1. The van der Waals surface area contributed by atoms with Crippen LogP contribution in [-0.4, -0.2) is 30.4 Å². The lowest BCUT2D eigenvalue weighted by atomic mass is 10.4. The first-order valence-electron chi connectivity index (χ1n) is 6.18. The standard InChI is InChI=1S/C12H20N2O3S/c1-4-9-13-10-11(7-8-12(13)15)18(16,17)14(5-2)6-3/h7-8,10H,4-6,9H2,1-3H3. The highest BCUT2D eigenvalue weighted by atomic mass is 32.2. The first-order valence-corrected chi connectivity index (χ1v) is 7.62. The molecule has 0 fully saturated rings. The van der Waals surface area contributed by atoms with Crippen molar-refractivity contribution >= 4 is 10.0 Å². The minimum Gasteiger partial charge on any atom is -0.314 e. The molecule has 0 saturated carbocycles. The SMILES string of the molecule is CCCn1cc(S(=O)(=O)N(CC)CC)ccc1=O. The monoisotopic (exact) mass is 272 g/mol. The minimum atomic E-state index is -3.49. The fourth-order valence-electron chi connectivity index (χ4n) is 1.79. The Labute approximate surface area is 108 Å². The van der Waals surface area contributed by atoms with Gasteiger partial charge in [-0.2, -0.15) is 4.31 Å². The van der Waals surface area contributed by atoms with E-state index in [1.165, 1.54) is 27.2 Å². The van der Waals surface area contributed by atoms with Gasteiger partial charge in [0.15, 0.2) is 0 Å². The van der Waals surface area contributed by atoms with Crippen LogP contribution in [0.2, 0.25) is 0 Å². The molecule has 0 radical (unpaired) electrons. The molecule has 5 nitrogen and oxygen atoms in total. The summed E-state index contributed by atoms with van der Waals surface area (Å²) in [6.45, 7) is 6.90. The maximum Gasteiger partial charge on any atom is 0.250 e. The normalized spacial score (nSPS) is 12.0. The van der Waals surface area contributed by atoms with E-state index in [2.05, 4.69) is 0 Å². The largest absolute Gasteiger partial charge is 0.314 e. The quantitative estimate of drug-likeness (QED) is 0.784. The van der Waals surface area contributed by atoms with Crippen LogP contribution in [-0.2, 0) is 16.6 Å².